The van der Waals surface area contributed by atoms with E-state index in [0.717, 1.165) is 16.7 Å². The van der Waals surface area contributed by atoms with Gasteiger partial charge in [-0.1, -0.05) is 96.2 Å². The normalized spacial score (nSPS) is 12.0. The van der Waals surface area contributed by atoms with Gasteiger partial charge in [-0.2, -0.15) is 0 Å². The number of H-pyrrole nitrogens is 1. The summed E-state index contributed by atoms with van der Waals surface area (Å²) in [7, 11) is 0. The first kappa shape index (κ1) is 23.1. The van der Waals surface area contributed by atoms with Gasteiger partial charge in [0.25, 0.3) is 0 Å². The zero-order chi connectivity index (χ0) is 25.0. The van der Waals surface area contributed by atoms with Crippen LogP contribution in [0.4, 0.5) is 4.39 Å². The molecule has 2 N–H and O–H groups in total. The first-order chi connectivity index (χ1) is 17.6. The molecule has 5 nitrogen and oxygen atoms in total. The molecule has 5 rings (SSSR count). The fraction of sp³-hybridized carbons (Fsp3) is 0.0667. The number of nitrogens with zero attached hydrogens (tertiary/aromatic N) is 1. The van der Waals surface area contributed by atoms with Gasteiger partial charge < -0.3 is 14.9 Å². The van der Waals surface area contributed by atoms with Gasteiger partial charge in [0.2, 0.25) is 5.60 Å². The second kappa shape index (κ2) is 9.88. The molecule has 0 spiro atoms. The van der Waals surface area contributed by atoms with Gasteiger partial charge in [0, 0.05) is 40.2 Å². The standard InChI is InChI=1S/C30H23FN2O3/c31-25-16-17-27-26(19-25)21(20-32-27)18-28(29(34)35)33-36-30(22-10-4-1-5-11-22,23-12-6-2-7-13-23)24-14-8-3-9-15-24/h1-17,19-20,32H,18H2,(H,34,35)/b33-28+. The molecule has 0 atom stereocenters. The third-order valence-corrected chi connectivity index (χ3v) is 6.17. The zero-order valence-corrected chi connectivity index (χ0v) is 19.3. The summed E-state index contributed by atoms with van der Waals surface area (Å²) < 4.78 is 13.9. The van der Waals surface area contributed by atoms with Crippen molar-refractivity contribution in [3.63, 3.8) is 0 Å². The molecule has 5 aromatic rings. The molecule has 0 saturated carbocycles. The van der Waals surface area contributed by atoms with Crippen molar-refractivity contribution in [3.8, 4) is 0 Å². The molecule has 0 aliphatic heterocycles. The average Bonchev–Trinajstić information content (AvgIpc) is 3.31. The van der Waals surface area contributed by atoms with Crippen LogP contribution in [0.15, 0.2) is 121 Å². The predicted octanol–water partition coefficient (Wildman–Crippen LogP) is 6.30. The Morgan fingerprint density at radius 2 is 1.36 bits per heavy atom. The van der Waals surface area contributed by atoms with E-state index in [1.165, 1.54) is 12.1 Å². The van der Waals surface area contributed by atoms with Crippen LogP contribution >= 0.6 is 0 Å². The Bertz CT molecular complexity index is 1420. The lowest BCUT2D eigenvalue weighted by molar-refractivity contribution is -0.129. The highest BCUT2D eigenvalue weighted by atomic mass is 19.1. The Balaban J connectivity index is 1.64. The number of benzene rings is 4. The van der Waals surface area contributed by atoms with Crippen LogP contribution in [-0.4, -0.2) is 21.8 Å². The van der Waals surface area contributed by atoms with E-state index >= 15 is 0 Å². The molecule has 4 aromatic carbocycles. The van der Waals surface area contributed by atoms with Crippen LogP contribution in [0, 0.1) is 5.82 Å². The van der Waals surface area contributed by atoms with E-state index in [2.05, 4.69) is 10.1 Å². The number of carbonyl (C=O) groups is 1. The number of fused-ring (bicyclic) bond motifs is 1. The summed E-state index contributed by atoms with van der Waals surface area (Å²) in [5.41, 5.74) is 2.31. The van der Waals surface area contributed by atoms with Crippen molar-refractivity contribution in [2.45, 2.75) is 12.0 Å². The van der Waals surface area contributed by atoms with Gasteiger partial charge in [0.1, 0.15) is 5.82 Å². The molecule has 1 aromatic heterocycles. The van der Waals surface area contributed by atoms with Gasteiger partial charge in [-0.05, 0) is 23.8 Å². The van der Waals surface area contributed by atoms with Gasteiger partial charge in [-0.3, -0.25) is 0 Å². The van der Waals surface area contributed by atoms with Crippen molar-refractivity contribution in [1.29, 1.82) is 0 Å². The monoisotopic (exact) mass is 478 g/mol. The van der Waals surface area contributed by atoms with E-state index in [1.807, 2.05) is 91.0 Å². The maximum Gasteiger partial charge on any atom is 0.354 e. The van der Waals surface area contributed by atoms with Crippen molar-refractivity contribution in [3.05, 3.63) is 143 Å². The van der Waals surface area contributed by atoms with Gasteiger partial charge in [0.05, 0.1) is 0 Å². The molecule has 0 bridgehead atoms. The van der Waals surface area contributed by atoms with Crippen molar-refractivity contribution in [2.24, 2.45) is 5.16 Å². The molecule has 6 heteroatoms. The molecule has 0 amide bonds. The Morgan fingerprint density at radius 1 is 0.833 bits per heavy atom. The smallest absolute Gasteiger partial charge is 0.354 e. The number of carboxylic acids is 1. The summed E-state index contributed by atoms with van der Waals surface area (Å²) in [6, 6.07) is 33.1. The molecular weight excluding hydrogens is 455 g/mol. The topological polar surface area (TPSA) is 74.7 Å². The van der Waals surface area contributed by atoms with Gasteiger partial charge in [-0.15, -0.1) is 0 Å². The van der Waals surface area contributed by atoms with Crippen LogP contribution in [-0.2, 0) is 21.7 Å². The Hall–Kier alpha value is -4.71. The number of hydrogen-bond acceptors (Lipinski definition) is 3. The second-order valence-electron chi connectivity index (χ2n) is 8.39. The molecule has 0 aliphatic carbocycles. The number of aromatic amines is 1. The molecule has 0 saturated heterocycles. The second-order valence-corrected chi connectivity index (χ2v) is 8.39. The summed E-state index contributed by atoms with van der Waals surface area (Å²) in [6.45, 7) is 0. The van der Waals surface area contributed by atoms with Crippen molar-refractivity contribution in [1.82, 2.24) is 4.98 Å². The molecule has 178 valence electrons. The minimum atomic E-state index is -1.22. The summed E-state index contributed by atoms with van der Waals surface area (Å²) in [4.78, 5) is 21.6. The number of carboxylic acid groups (broad SMARTS) is 1. The van der Waals surface area contributed by atoms with Crippen molar-refractivity contribution >= 4 is 22.6 Å². The first-order valence-corrected chi connectivity index (χ1v) is 11.5. The summed E-state index contributed by atoms with van der Waals surface area (Å²) >= 11 is 0. The number of oxime groups is 1. The van der Waals surface area contributed by atoms with Gasteiger partial charge in [-0.25, -0.2) is 9.18 Å². The molecule has 1 heterocycles. The Labute approximate surface area is 207 Å². The lowest BCUT2D eigenvalue weighted by Gasteiger charge is -2.33. The fourth-order valence-electron chi connectivity index (χ4n) is 4.42. The number of aliphatic carboxylic acids is 1. The lowest BCUT2D eigenvalue weighted by atomic mass is 9.80. The molecule has 0 aliphatic rings. The Kier molecular flexibility index (Phi) is 6.33. The number of aromatic nitrogens is 1. The van der Waals surface area contributed by atoms with Crippen molar-refractivity contribution < 1.29 is 19.1 Å². The van der Waals surface area contributed by atoms with E-state index in [0.29, 0.717) is 16.5 Å². The number of halogens is 1. The molecule has 0 fully saturated rings. The predicted molar refractivity (Wildman–Crippen MR) is 137 cm³/mol. The zero-order valence-electron chi connectivity index (χ0n) is 19.3. The highest BCUT2D eigenvalue weighted by molar-refractivity contribution is 6.36. The molecule has 0 radical (unpaired) electrons. The SMILES string of the molecule is O=C(O)/C(Cc1c[nH]c2ccc(F)cc12)=N/OC(c1ccccc1)(c1ccccc1)c1ccccc1. The largest absolute Gasteiger partial charge is 0.477 e. The highest BCUT2D eigenvalue weighted by Gasteiger charge is 2.40. The van der Waals surface area contributed by atoms with Crippen LogP contribution in [0.5, 0.6) is 0 Å². The summed E-state index contributed by atoms with van der Waals surface area (Å²) in [6.07, 6.45) is 1.62. The van der Waals surface area contributed by atoms with Crippen LogP contribution in [0.1, 0.15) is 22.3 Å². The Morgan fingerprint density at radius 3 is 1.86 bits per heavy atom. The first-order valence-electron chi connectivity index (χ1n) is 11.5. The van der Waals surface area contributed by atoms with Crippen LogP contribution in [0.2, 0.25) is 0 Å². The van der Waals surface area contributed by atoms with Crippen LogP contribution < -0.4 is 0 Å². The summed E-state index contributed by atoms with van der Waals surface area (Å²) in [5, 5.41) is 14.9. The quantitative estimate of drug-likeness (QED) is 0.156. The maximum absolute atomic E-state index is 13.9. The highest BCUT2D eigenvalue weighted by Crippen LogP contribution is 2.40. The average molecular weight is 479 g/mol. The number of nitrogens with one attached hydrogen (secondary N) is 1. The minimum Gasteiger partial charge on any atom is -0.477 e. The van der Waals surface area contributed by atoms with E-state index in [1.54, 1.807) is 12.3 Å². The van der Waals surface area contributed by atoms with Crippen molar-refractivity contribution in [2.75, 3.05) is 0 Å². The third kappa shape index (κ3) is 4.36. The summed E-state index contributed by atoms with van der Waals surface area (Å²) in [5.74, 6) is -1.62. The van der Waals surface area contributed by atoms with Crippen LogP contribution in [0.3, 0.4) is 0 Å². The number of hydrogen-bond donors (Lipinski definition) is 2. The van der Waals surface area contributed by atoms with E-state index < -0.39 is 17.4 Å². The van der Waals surface area contributed by atoms with E-state index in [9.17, 15) is 14.3 Å². The lowest BCUT2D eigenvalue weighted by Crippen LogP contribution is -2.32. The van der Waals surface area contributed by atoms with E-state index in [4.69, 9.17) is 4.84 Å². The minimum absolute atomic E-state index is 0.0484. The molecule has 36 heavy (non-hydrogen) atoms. The third-order valence-electron chi connectivity index (χ3n) is 6.17. The van der Waals surface area contributed by atoms with Gasteiger partial charge >= 0.3 is 5.97 Å². The fourth-order valence-corrected chi connectivity index (χ4v) is 4.42. The number of rotatable bonds is 8. The molecule has 0 unspecified atom stereocenters. The maximum atomic E-state index is 13.9. The van der Waals surface area contributed by atoms with Crippen LogP contribution in [0.25, 0.3) is 10.9 Å². The molecular formula is C30H23FN2O3. The van der Waals surface area contributed by atoms with Gasteiger partial charge in [0.15, 0.2) is 5.71 Å². The van der Waals surface area contributed by atoms with E-state index in [-0.39, 0.29) is 12.1 Å².